The Balaban J connectivity index is 1.53. The molecule has 0 aliphatic rings. The van der Waals surface area contributed by atoms with Gasteiger partial charge < -0.3 is 15.2 Å². The van der Waals surface area contributed by atoms with Crippen LogP contribution in [-0.4, -0.2) is 30.4 Å². The summed E-state index contributed by atoms with van der Waals surface area (Å²) >= 11 is 0. The van der Waals surface area contributed by atoms with Gasteiger partial charge in [0.2, 0.25) is 0 Å². The van der Waals surface area contributed by atoms with E-state index in [0.29, 0.717) is 16.9 Å². The fraction of sp³-hybridized carbons (Fsp3) is 0.148. The number of carbonyl (C=O) groups is 2. The van der Waals surface area contributed by atoms with Gasteiger partial charge in [0.25, 0.3) is 0 Å². The van der Waals surface area contributed by atoms with Crippen molar-refractivity contribution in [1.29, 1.82) is 0 Å². The highest BCUT2D eigenvalue weighted by atomic mass is 16.6. The maximum absolute atomic E-state index is 13.1. The van der Waals surface area contributed by atoms with Crippen LogP contribution in [0, 0.1) is 0 Å². The van der Waals surface area contributed by atoms with Crippen LogP contribution in [0.2, 0.25) is 0 Å². The topological polar surface area (TPSA) is 91.5 Å². The van der Waals surface area contributed by atoms with Crippen molar-refractivity contribution in [2.45, 2.75) is 12.3 Å². The molecule has 0 spiro atoms. The van der Waals surface area contributed by atoms with E-state index in [1.165, 1.54) is 7.11 Å². The molecule has 0 aliphatic heterocycles. The summed E-state index contributed by atoms with van der Waals surface area (Å²) in [6.07, 6.45) is 3.78. The molecule has 2 N–H and O–H groups in total. The summed E-state index contributed by atoms with van der Waals surface area (Å²) in [7, 11) is 1.49. The summed E-state index contributed by atoms with van der Waals surface area (Å²) < 4.78 is 10.9. The summed E-state index contributed by atoms with van der Waals surface area (Å²) in [6.45, 7) is 0.155. The molecule has 6 nitrogen and oxygen atoms in total. The van der Waals surface area contributed by atoms with Gasteiger partial charge in [-0.15, -0.1) is 0 Å². The van der Waals surface area contributed by atoms with E-state index < -0.39 is 11.9 Å². The molecule has 0 amide bonds. The van der Waals surface area contributed by atoms with E-state index >= 15 is 0 Å². The van der Waals surface area contributed by atoms with E-state index in [1.807, 2.05) is 30.3 Å². The van der Waals surface area contributed by atoms with Crippen molar-refractivity contribution >= 4 is 22.5 Å². The highest BCUT2D eigenvalue weighted by molar-refractivity contribution is 5.92. The Morgan fingerprint density at radius 1 is 0.939 bits per heavy atom. The predicted molar refractivity (Wildman–Crippen MR) is 127 cm³/mol. The predicted octanol–water partition coefficient (Wildman–Crippen LogP) is 4.32. The Bertz CT molecular complexity index is 1290. The van der Waals surface area contributed by atoms with Gasteiger partial charge in [-0.05, 0) is 46.8 Å². The minimum atomic E-state index is -0.508. The van der Waals surface area contributed by atoms with Crippen LogP contribution in [0.4, 0.5) is 0 Å². The summed E-state index contributed by atoms with van der Waals surface area (Å²) in [5.74, 6) is -0.352. The van der Waals surface area contributed by atoms with Crippen molar-refractivity contribution < 1.29 is 19.1 Å². The van der Waals surface area contributed by atoms with Crippen molar-refractivity contribution in [3.63, 3.8) is 0 Å². The van der Waals surface area contributed by atoms with E-state index in [4.69, 9.17) is 15.2 Å². The van der Waals surface area contributed by atoms with Crippen LogP contribution in [0.15, 0.2) is 85.2 Å². The number of nitrogens with zero attached hydrogens (tertiary/aromatic N) is 1. The molecule has 1 aromatic heterocycles. The smallest absolute Gasteiger partial charge is 0.343 e. The fourth-order valence-corrected chi connectivity index (χ4v) is 3.74. The molecule has 4 aromatic rings. The summed E-state index contributed by atoms with van der Waals surface area (Å²) in [5, 5.41) is 2.06. The third kappa shape index (κ3) is 5.07. The van der Waals surface area contributed by atoms with Gasteiger partial charge in [0.1, 0.15) is 5.78 Å². The number of esters is 1. The van der Waals surface area contributed by atoms with Gasteiger partial charge in [0.05, 0.1) is 18.6 Å². The average molecular weight is 440 g/mol. The summed E-state index contributed by atoms with van der Waals surface area (Å²) in [6, 6.07) is 21.6. The third-order valence-electron chi connectivity index (χ3n) is 5.51. The molecule has 3 aromatic carbocycles. The maximum Gasteiger partial charge on any atom is 0.343 e. The van der Waals surface area contributed by atoms with Crippen LogP contribution in [0.5, 0.6) is 11.5 Å². The lowest BCUT2D eigenvalue weighted by Gasteiger charge is -2.17. The number of hydrogen-bond acceptors (Lipinski definition) is 6. The maximum atomic E-state index is 13.1. The number of benzene rings is 3. The lowest BCUT2D eigenvalue weighted by molar-refractivity contribution is -0.119. The molecule has 0 saturated carbocycles. The molecule has 1 heterocycles. The number of ether oxygens (including phenoxy) is 2. The third-order valence-corrected chi connectivity index (χ3v) is 5.51. The highest BCUT2D eigenvalue weighted by Crippen LogP contribution is 2.32. The zero-order valence-electron chi connectivity index (χ0n) is 18.2. The van der Waals surface area contributed by atoms with Crippen molar-refractivity contribution in [3.8, 4) is 11.5 Å². The molecule has 0 aliphatic carbocycles. The zero-order valence-corrected chi connectivity index (χ0v) is 18.2. The lowest BCUT2D eigenvalue weighted by Crippen LogP contribution is -2.23. The normalized spacial score (nSPS) is 11.7. The number of carbonyl (C=O) groups excluding carboxylic acids is 2. The Morgan fingerprint density at radius 2 is 1.76 bits per heavy atom. The minimum absolute atomic E-state index is 0.00184. The van der Waals surface area contributed by atoms with Crippen molar-refractivity contribution in [1.82, 2.24) is 4.98 Å². The zero-order chi connectivity index (χ0) is 23.2. The molecule has 6 heteroatoms. The van der Waals surface area contributed by atoms with Gasteiger partial charge in [-0.25, -0.2) is 4.79 Å². The van der Waals surface area contributed by atoms with Crippen molar-refractivity contribution in [2.24, 2.45) is 5.73 Å². The van der Waals surface area contributed by atoms with Crippen LogP contribution in [0.1, 0.15) is 27.4 Å². The summed E-state index contributed by atoms with van der Waals surface area (Å²) in [4.78, 5) is 29.6. The molecule has 1 atom stereocenters. The number of pyridine rings is 1. The second-order valence-corrected chi connectivity index (χ2v) is 7.65. The Morgan fingerprint density at radius 3 is 2.52 bits per heavy atom. The number of rotatable bonds is 8. The summed E-state index contributed by atoms with van der Waals surface area (Å²) in [5.41, 5.74) is 8.04. The highest BCUT2D eigenvalue weighted by Gasteiger charge is 2.22. The first-order chi connectivity index (χ1) is 16.1. The van der Waals surface area contributed by atoms with E-state index in [1.54, 1.807) is 54.9 Å². The molecule has 4 rings (SSSR count). The van der Waals surface area contributed by atoms with Gasteiger partial charge in [-0.3, -0.25) is 9.78 Å². The van der Waals surface area contributed by atoms with Gasteiger partial charge in [0, 0.05) is 30.7 Å². The van der Waals surface area contributed by atoms with Crippen LogP contribution in [0.3, 0.4) is 0 Å². The SMILES string of the molecule is COc1cc(C(CN)C(=O)Cc2ccc3cnccc3c2)ccc1OC(=O)c1ccccc1. The Kier molecular flexibility index (Phi) is 6.76. The average Bonchev–Trinajstić information content (AvgIpc) is 2.85. The van der Waals surface area contributed by atoms with Gasteiger partial charge >= 0.3 is 5.97 Å². The number of aromatic nitrogens is 1. The van der Waals surface area contributed by atoms with Crippen molar-refractivity contribution in [3.05, 3.63) is 102 Å². The van der Waals surface area contributed by atoms with Gasteiger partial charge in [-0.1, -0.05) is 42.5 Å². The van der Waals surface area contributed by atoms with E-state index in [-0.39, 0.29) is 24.5 Å². The van der Waals surface area contributed by atoms with E-state index in [2.05, 4.69) is 4.98 Å². The first-order valence-electron chi connectivity index (χ1n) is 10.6. The molecule has 33 heavy (non-hydrogen) atoms. The number of hydrogen-bond donors (Lipinski definition) is 1. The second kappa shape index (κ2) is 10.1. The van der Waals surface area contributed by atoms with Gasteiger partial charge in [0.15, 0.2) is 11.5 Å². The first kappa shape index (κ1) is 22.2. The fourth-order valence-electron chi connectivity index (χ4n) is 3.74. The Hall–Kier alpha value is -4.03. The van der Waals surface area contributed by atoms with Crippen molar-refractivity contribution in [2.75, 3.05) is 13.7 Å². The minimum Gasteiger partial charge on any atom is -0.493 e. The standard InChI is InChI=1S/C27H24N2O4/c1-32-26-15-21(9-10-25(26)33-27(31)19-5-3-2-4-6-19)23(16-28)24(30)14-18-7-8-22-17-29-12-11-20(22)13-18/h2-13,15,17,23H,14,16,28H2,1H3. The molecular weight excluding hydrogens is 416 g/mol. The van der Waals surface area contributed by atoms with Gasteiger partial charge in [-0.2, -0.15) is 0 Å². The number of Topliss-reactive ketones (excluding diaryl/α,β-unsaturated/α-hetero) is 1. The monoisotopic (exact) mass is 440 g/mol. The molecule has 166 valence electrons. The van der Waals surface area contributed by atoms with E-state index in [9.17, 15) is 9.59 Å². The number of fused-ring (bicyclic) bond motifs is 1. The number of methoxy groups -OCH3 is 1. The van der Waals surface area contributed by atoms with Crippen LogP contribution in [-0.2, 0) is 11.2 Å². The number of nitrogens with two attached hydrogens (primary N) is 1. The molecule has 1 unspecified atom stereocenters. The quantitative estimate of drug-likeness (QED) is 0.324. The Labute approximate surface area is 192 Å². The van der Waals surface area contributed by atoms with Crippen LogP contribution >= 0.6 is 0 Å². The van der Waals surface area contributed by atoms with E-state index in [0.717, 1.165) is 16.3 Å². The largest absolute Gasteiger partial charge is 0.493 e. The number of ketones is 1. The first-order valence-corrected chi connectivity index (χ1v) is 10.6. The molecule has 0 radical (unpaired) electrons. The molecular formula is C27H24N2O4. The molecule has 0 fully saturated rings. The van der Waals surface area contributed by atoms with Crippen LogP contribution in [0.25, 0.3) is 10.8 Å². The molecule has 0 bridgehead atoms. The molecule has 0 saturated heterocycles. The second-order valence-electron chi connectivity index (χ2n) is 7.65. The van der Waals surface area contributed by atoms with Crippen LogP contribution < -0.4 is 15.2 Å². The lowest BCUT2D eigenvalue weighted by atomic mass is 9.90.